The highest BCUT2D eigenvalue weighted by molar-refractivity contribution is 5.96. The van der Waals surface area contributed by atoms with Crippen LogP contribution in [0, 0.1) is 0 Å². The van der Waals surface area contributed by atoms with E-state index in [4.69, 9.17) is 10.5 Å². The Labute approximate surface area is 101 Å². The molecule has 0 aliphatic rings. The fourth-order valence-corrected chi connectivity index (χ4v) is 1.64. The third-order valence-electron chi connectivity index (χ3n) is 2.31. The predicted molar refractivity (Wildman–Crippen MR) is 66.0 cm³/mol. The third-order valence-corrected chi connectivity index (χ3v) is 2.31. The van der Waals surface area contributed by atoms with Gasteiger partial charge in [0.2, 0.25) is 5.88 Å². The monoisotopic (exact) mass is 237 g/mol. The number of hydrogen-bond acceptors (Lipinski definition) is 4. The van der Waals surface area contributed by atoms with E-state index < -0.39 is 0 Å². The molecule has 0 aromatic carbocycles. The average Bonchev–Trinajstić information content (AvgIpc) is 2.27. The summed E-state index contributed by atoms with van der Waals surface area (Å²) in [5, 5.41) is 2.86. The molecule has 1 heterocycles. The van der Waals surface area contributed by atoms with Crippen LogP contribution in [0.3, 0.4) is 0 Å². The number of pyridine rings is 1. The van der Waals surface area contributed by atoms with E-state index in [2.05, 4.69) is 10.3 Å². The predicted octanol–water partition coefficient (Wildman–Crippen LogP) is 0.946. The lowest BCUT2D eigenvalue weighted by atomic mass is 10.1. The van der Waals surface area contributed by atoms with Crippen LogP contribution in [0.1, 0.15) is 30.6 Å². The lowest BCUT2D eigenvalue weighted by Gasteiger charge is -2.16. The van der Waals surface area contributed by atoms with Crippen LogP contribution >= 0.6 is 0 Å². The van der Waals surface area contributed by atoms with Gasteiger partial charge < -0.3 is 15.8 Å². The molecule has 17 heavy (non-hydrogen) atoms. The van der Waals surface area contributed by atoms with E-state index in [0.717, 1.165) is 6.42 Å². The van der Waals surface area contributed by atoms with Gasteiger partial charge in [0.15, 0.2) is 0 Å². The number of methoxy groups -OCH3 is 1. The van der Waals surface area contributed by atoms with E-state index >= 15 is 0 Å². The van der Waals surface area contributed by atoms with Gasteiger partial charge in [-0.2, -0.15) is 0 Å². The Balaban J connectivity index is 2.69. The maximum Gasteiger partial charge on any atom is 0.256 e. The molecule has 0 aliphatic heterocycles. The number of carbonyl (C=O) groups is 1. The number of nitrogens with two attached hydrogens (primary N) is 1. The number of nitrogens with one attached hydrogen (secondary N) is 1. The average molecular weight is 237 g/mol. The second-order valence-electron chi connectivity index (χ2n) is 4.15. The van der Waals surface area contributed by atoms with E-state index in [0.29, 0.717) is 11.4 Å². The number of aromatic nitrogens is 1. The first-order valence-corrected chi connectivity index (χ1v) is 5.60. The molecule has 94 valence electrons. The Hall–Kier alpha value is -1.62. The summed E-state index contributed by atoms with van der Waals surface area (Å²) in [6.45, 7) is 3.83. The molecule has 2 unspecified atom stereocenters. The minimum atomic E-state index is -0.192. The minimum absolute atomic E-state index is 0.0208. The van der Waals surface area contributed by atoms with Crippen molar-refractivity contribution in [1.82, 2.24) is 10.3 Å². The number of carbonyl (C=O) groups excluding carboxylic acids is 1. The molecular weight excluding hydrogens is 218 g/mol. The van der Waals surface area contributed by atoms with Gasteiger partial charge in [0.05, 0.1) is 7.11 Å². The first-order valence-electron chi connectivity index (χ1n) is 5.60. The zero-order chi connectivity index (χ0) is 12.8. The second kappa shape index (κ2) is 6.20. The summed E-state index contributed by atoms with van der Waals surface area (Å²) < 4.78 is 5.03. The first kappa shape index (κ1) is 13.4. The molecule has 2 atom stereocenters. The topological polar surface area (TPSA) is 77.2 Å². The lowest BCUT2D eigenvalue weighted by Crippen LogP contribution is -2.36. The van der Waals surface area contributed by atoms with Crippen molar-refractivity contribution in [2.75, 3.05) is 7.11 Å². The van der Waals surface area contributed by atoms with Crippen molar-refractivity contribution >= 4 is 5.91 Å². The molecule has 3 N–H and O–H groups in total. The Morgan fingerprint density at radius 3 is 2.88 bits per heavy atom. The van der Waals surface area contributed by atoms with Crippen molar-refractivity contribution in [2.24, 2.45) is 5.73 Å². The smallest absolute Gasteiger partial charge is 0.256 e. The highest BCUT2D eigenvalue weighted by Crippen LogP contribution is 2.13. The molecule has 0 aliphatic carbocycles. The molecule has 1 rings (SSSR count). The molecular formula is C12H19N3O2. The van der Waals surface area contributed by atoms with E-state index in [-0.39, 0.29) is 18.0 Å². The van der Waals surface area contributed by atoms with Crippen LogP contribution in [-0.4, -0.2) is 30.1 Å². The fraction of sp³-hybridized carbons (Fsp3) is 0.500. The van der Waals surface area contributed by atoms with Crippen LogP contribution in [-0.2, 0) is 0 Å². The van der Waals surface area contributed by atoms with Crippen molar-refractivity contribution < 1.29 is 9.53 Å². The highest BCUT2D eigenvalue weighted by Gasteiger charge is 2.15. The van der Waals surface area contributed by atoms with Crippen LogP contribution in [0.2, 0.25) is 0 Å². The maximum absolute atomic E-state index is 11.9. The van der Waals surface area contributed by atoms with Gasteiger partial charge in [-0.1, -0.05) is 0 Å². The zero-order valence-corrected chi connectivity index (χ0v) is 10.4. The van der Waals surface area contributed by atoms with Gasteiger partial charge in [-0.05, 0) is 32.4 Å². The van der Waals surface area contributed by atoms with Crippen LogP contribution in [0.15, 0.2) is 18.3 Å². The number of nitrogens with zero attached hydrogens (tertiary/aromatic N) is 1. The molecule has 0 saturated carbocycles. The fourth-order valence-electron chi connectivity index (χ4n) is 1.64. The van der Waals surface area contributed by atoms with E-state index in [1.807, 2.05) is 13.8 Å². The summed E-state index contributed by atoms with van der Waals surface area (Å²) in [5.41, 5.74) is 6.11. The molecule has 0 spiro atoms. The maximum atomic E-state index is 11.9. The lowest BCUT2D eigenvalue weighted by molar-refractivity contribution is 0.0934. The van der Waals surface area contributed by atoms with Gasteiger partial charge in [-0.3, -0.25) is 4.79 Å². The molecule has 5 heteroatoms. The third kappa shape index (κ3) is 4.03. The standard InChI is InChI=1S/C12H19N3O2/c1-8(13)7-9(2)15-11(16)10-5-4-6-14-12(10)17-3/h4-6,8-9H,7,13H2,1-3H3,(H,15,16). The van der Waals surface area contributed by atoms with Crippen molar-refractivity contribution in [3.8, 4) is 5.88 Å². The summed E-state index contributed by atoms with van der Waals surface area (Å²) in [6.07, 6.45) is 2.31. The van der Waals surface area contributed by atoms with Crippen molar-refractivity contribution in [2.45, 2.75) is 32.4 Å². The molecule has 0 saturated heterocycles. The summed E-state index contributed by atoms with van der Waals surface area (Å²) in [5.74, 6) is 0.140. The van der Waals surface area contributed by atoms with Crippen LogP contribution in [0.5, 0.6) is 5.88 Å². The number of ether oxygens (including phenoxy) is 1. The molecule has 0 fully saturated rings. The molecule has 5 nitrogen and oxygen atoms in total. The Bertz CT molecular complexity index is 380. The first-order chi connectivity index (χ1) is 8.04. The number of rotatable bonds is 5. The van der Waals surface area contributed by atoms with Gasteiger partial charge >= 0.3 is 0 Å². The molecule has 0 bridgehead atoms. The van der Waals surface area contributed by atoms with Crippen molar-refractivity contribution in [3.63, 3.8) is 0 Å². The van der Waals surface area contributed by atoms with E-state index in [1.165, 1.54) is 7.11 Å². The van der Waals surface area contributed by atoms with Gasteiger partial charge in [0, 0.05) is 18.3 Å². The van der Waals surface area contributed by atoms with Crippen LogP contribution in [0.4, 0.5) is 0 Å². The summed E-state index contributed by atoms with van der Waals surface area (Å²) in [4.78, 5) is 15.9. The molecule has 1 aromatic heterocycles. The number of amides is 1. The summed E-state index contributed by atoms with van der Waals surface area (Å²) in [7, 11) is 1.49. The van der Waals surface area contributed by atoms with E-state index in [9.17, 15) is 4.79 Å². The second-order valence-corrected chi connectivity index (χ2v) is 4.15. The Morgan fingerprint density at radius 2 is 2.29 bits per heavy atom. The van der Waals surface area contributed by atoms with Crippen LogP contribution < -0.4 is 15.8 Å². The molecule has 0 radical (unpaired) electrons. The zero-order valence-electron chi connectivity index (χ0n) is 10.4. The normalized spacial score (nSPS) is 13.9. The Morgan fingerprint density at radius 1 is 1.59 bits per heavy atom. The van der Waals surface area contributed by atoms with Gasteiger partial charge in [0.25, 0.3) is 5.91 Å². The van der Waals surface area contributed by atoms with Crippen LogP contribution in [0.25, 0.3) is 0 Å². The van der Waals surface area contributed by atoms with E-state index in [1.54, 1.807) is 18.3 Å². The Kier molecular flexibility index (Phi) is 4.90. The van der Waals surface area contributed by atoms with Gasteiger partial charge in [-0.15, -0.1) is 0 Å². The molecule has 1 amide bonds. The summed E-state index contributed by atoms with van der Waals surface area (Å²) in [6, 6.07) is 3.46. The molecule has 1 aromatic rings. The number of hydrogen-bond donors (Lipinski definition) is 2. The van der Waals surface area contributed by atoms with Crippen molar-refractivity contribution in [1.29, 1.82) is 0 Å². The largest absolute Gasteiger partial charge is 0.480 e. The highest BCUT2D eigenvalue weighted by atomic mass is 16.5. The minimum Gasteiger partial charge on any atom is -0.480 e. The van der Waals surface area contributed by atoms with Gasteiger partial charge in [-0.25, -0.2) is 4.98 Å². The van der Waals surface area contributed by atoms with Gasteiger partial charge in [0.1, 0.15) is 5.56 Å². The SMILES string of the molecule is COc1ncccc1C(=O)NC(C)CC(C)N. The quantitative estimate of drug-likeness (QED) is 0.799. The summed E-state index contributed by atoms with van der Waals surface area (Å²) >= 11 is 0. The van der Waals surface area contributed by atoms with Crippen molar-refractivity contribution in [3.05, 3.63) is 23.9 Å².